The first kappa shape index (κ1) is 16.9. The second-order valence-corrected chi connectivity index (χ2v) is 7.78. The van der Waals surface area contributed by atoms with Crippen molar-refractivity contribution < 1.29 is 14.6 Å². The van der Waals surface area contributed by atoms with E-state index in [0.29, 0.717) is 6.42 Å². The summed E-state index contributed by atoms with van der Waals surface area (Å²) in [4.78, 5) is 12.7. The number of aliphatic hydroxyl groups excluding tert-OH is 1. The van der Waals surface area contributed by atoms with Crippen LogP contribution in [0.25, 0.3) is 0 Å². The van der Waals surface area contributed by atoms with Crippen molar-refractivity contribution >= 4 is 21.8 Å². The third kappa shape index (κ3) is 2.73. The minimum absolute atomic E-state index is 0.0708. The van der Waals surface area contributed by atoms with E-state index in [1.807, 2.05) is 26.0 Å². The Labute approximate surface area is 145 Å². The number of ether oxygens (including phenoxy) is 1. The number of benzene rings is 1. The average molecular weight is 382 g/mol. The number of carbonyl (C=O) groups excluding carboxylic acids is 1. The van der Waals surface area contributed by atoms with Crippen LogP contribution in [0.4, 0.5) is 0 Å². The lowest BCUT2D eigenvalue weighted by Gasteiger charge is -2.40. The molecule has 1 amide bonds. The van der Waals surface area contributed by atoms with Crippen molar-refractivity contribution in [1.82, 2.24) is 5.32 Å². The summed E-state index contributed by atoms with van der Waals surface area (Å²) in [5.74, 6) is -0.582. The zero-order valence-corrected chi connectivity index (χ0v) is 15.4. The van der Waals surface area contributed by atoms with Crippen LogP contribution in [0.5, 0.6) is 0 Å². The van der Waals surface area contributed by atoms with Gasteiger partial charge in [-0.15, -0.1) is 0 Å². The maximum atomic E-state index is 12.7. The fraction of sp³-hybridized carbons (Fsp3) is 0.611. The maximum absolute atomic E-state index is 12.7. The van der Waals surface area contributed by atoms with Crippen molar-refractivity contribution in [1.29, 1.82) is 0 Å². The van der Waals surface area contributed by atoms with E-state index in [0.717, 1.165) is 40.4 Å². The monoisotopic (exact) mass is 381 g/mol. The molecule has 0 radical (unpaired) electrons. The lowest BCUT2D eigenvalue weighted by Crippen LogP contribution is -2.53. The Hall–Kier alpha value is -0.910. The second-order valence-electron chi connectivity index (χ2n) is 6.92. The average Bonchev–Trinajstić information content (AvgIpc) is 2.75. The first-order chi connectivity index (χ1) is 10.9. The molecule has 1 saturated heterocycles. The van der Waals surface area contributed by atoms with E-state index in [2.05, 4.69) is 21.2 Å². The molecule has 2 N–H and O–H groups in total. The SMILES string of the molecule is CO[C@@H]1CCC[C@@]2(C1)NC(=O)C(c1c(C)ccc(Br)c1C)C2O. The molecule has 4 atom stereocenters. The molecule has 4 nitrogen and oxygen atoms in total. The van der Waals surface area contributed by atoms with Gasteiger partial charge in [0.05, 0.1) is 23.7 Å². The number of methoxy groups -OCH3 is 1. The Morgan fingerprint density at radius 2 is 2.13 bits per heavy atom. The van der Waals surface area contributed by atoms with Crippen LogP contribution >= 0.6 is 15.9 Å². The van der Waals surface area contributed by atoms with Crippen LogP contribution < -0.4 is 5.32 Å². The van der Waals surface area contributed by atoms with Gasteiger partial charge in [0, 0.05) is 11.6 Å². The van der Waals surface area contributed by atoms with Gasteiger partial charge in [0.1, 0.15) is 0 Å². The van der Waals surface area contributed by atoms with Gasteiger partial charge in [0.2, 0.25) is 5.91 Å². The van der Waals surface area contributed by atoms with Crippen molar-refractivity contribution in [3.63, 3.8) is 0 Å². The van der Waals surface area contributed by atoms with Gasteiger partial charge in [-0.2, -0.15) is 0 Å². The summed E-state index contributed by atoms with van der Waals surface area (Å²) in [6.45, 7) is 3.99. The van der Waals surface area contributed by atoms with Crippen LogP contribution in [-0.2, 0) is 9.53 Å². The van der Waals surface area contributed by atoms with Crippen molar-refractivity contribution in [3.8, 4) is 0 Å². The fourth-order valence-corrected chi connectivity index (χ4v) is 4.65. The highest BCUT2D eigenvalue weighted by Gasteiger charge is 2.55. The number of amides is 1. The van der Waals surface area contributed by atoms with Gasteiger partial charge >= 0.3 is 0 Å². The van der Waals surface area contributed by atoms with Crippen LogP contribution in [0.2, 0.25) is 0 Å². The highest BCUT2D eigenvalue weighted by atomic mass is 79.9. The molecule has 23 heavy (non-hydrogen) atoms. The van der Waals surface area contributed by atoms with Gasteiger partial charge in [0.15, 0.2) is 0 Å². The molecule has 1 aromatic rings. The molecular weight excluding hydrogens is 358 g/mol. The number of carbonyl (C=O) groups is 1. The van der Waals surface area contributed by atoms with Gasteiger partial charge in [-0.1, -0.05) is 22.0 Å². The molecule has 3 rings (SSSR count). The van der Waals surface area contributed by atoms with E-state index in [4.69, 9.17) is 4.74 Å². The number of hydrogen-bond donors (Lipinski definition) is 2. The first-order valence-corrected chi connectivity index (χ1v) is 8.97. The number of aryl methyl sites for hydroxylation is 1. The molecule has 1 aliphatic carbocycles. The van der Waals surface area contributed by atoms with Crippen molar-refractivity contribution in [2.75, 3.05) is 7.11 Å². The molecule has 2 fully saturated rings. The fourth-order valence-electron chi connectivity index (χ4n) is 4.30. The highest BCUT2D eigenvalue weighted by Crippen LogP contribution is 2.44. The summed E-state index contributed by atoms with van der Waals surface area (Å²) in [5.41, 5.74) is 2.46. The normalized spacial score (nSPS) is 34.0. The number of hydrogen-bond acceptors (Lipinski definition) is 3. The van der Waals surface area contributed by atoms with Crippen LogP contribution in [0.3, 0.4) is 0 Å². The van der Waals surface area contributed by atoms with Crippen LogP contribution in [-0.4, -0.2) is 35.9 Å². The van der Waals surface area contributed by atoms with E-state index in [-0.39, 0.29) is 12.0 Å². The van der Waals surface area contributed by atoms with E-state index in [9.17, 15) is 9.90 Å². The van der Waals surface area contributed by atoms with Gasteiger partial charge in [-0.05, 0) is 62.3 Å². The molecule has 1 spiro atoms. The third-order valence-corrected chi connectivity index (χ3v) is 6.45. The largest absolute Gasteiger partial charge is 0.389 e. The Morgan fingerprint density at radius 1 is 1.39 bits per heavy atom. The predicted molar refractivity (Wildman–Crippen MR) is 92.5 cm³/mol. The van der Waals surface area contributed by atoms with Crippen molar-refractivity contribution in [2.45, 2.75) is 63.2 Å². The molecule has 1 heterocycles. The van der Waals surface area contributed by atoms with Gasteiger partial charge in [-0.25, -0.2) is 0 Å². The lowest BCUT2D eigenvalue weighted by atomic mass is 9.73. The van der Waals surface area contributed by atoms with E-state index in [1.165, 1.54) is 0 Å². The third-order valence-electron chi connectivity index (χ3n) is 5.59. The summed E-state index contributed by atoms with van der Waals surface area (Å²) in [5, 5.41) is 14.2. The van der Waals surface area contributed by atoms with E-state index in [1.54, 1.807) is 7.11 Å². The van der Waals surface area contributed by atoms with Crippen LogP contribution in [0.15, 0.2) is 16.6 Å². The smallest absolute Gasteiger partial charge is 0.230 e. The Bertz CT molecular complexity index is 633. The molecule has 1 saturated carbocycles. The minimum Gasteiger partial charge on any atom is -0.389 e. The summed E-state index contributed by atoms with van der Waals surface area (Å²) < 4.78 is 6.47. The molecule has 1 aromatic carbocycles. The van der Waals surface area contributed by atoms with Crippen LogP contribution in [0, 0.1) is 13.8 Å². The van der Waals surface area contributed by atoms with Crippen molar-refractivity contribution in [3.05, 3.63) is 33.3 Å². The van der Waals surface area contributed by atoms with Crippen molar-refractivity contribution in [2.24, 2.45) is 0 Å². The van der Waals surface area contributed by atoms with Gasteiger partial charge in [0.25, 0.3) is 0 Å². The molecule has 2 aliphatic rings. The quantitative estimate of drug-likeness (QED) is 0.827. The minimum atomic E-state index is -0.723. The predicted octanol–water partition coefficient (Wildman–Crippen LogP) is 2.97. The van der Waals surface area contributed by atoms with E-state index < -0.39 is 17.6 Å². The molecule has 126 valence electrons. The highest BCUT2D eigenvalue weighted by molar-refractivity contribution is 9.10. The van der Waals surface area contributed by atoms with Gasteiger partial charge < -0.3 is 15.2 Å². The Balaban J connectivity index is 2.00. The summed E-state index contributed by atoms with van der Waals surface area (Å²) in [7, 11) is 1.70. The van der Waals surface area contributed by atoms with E-state index >= 15 is 0 Å². The second kappa shape index (κ2) is 6.19. The molecule has 0 aromatic heterocycles. The Kier molecular flexibility index (Phi) is 4.55. The zero-order valence-electron chi connectivity index (χ0n) is 13.9. The number of rotatable bonds is 2. The molecule has 1 aliphatic heterocycles. The molecule has 5 heteroatoms. The number of nitrogens with one attached hydrogen (secondary N) is 1. The molecule has 0 bridgehead atoms. The molecule has 2 unspecified atom stereocenters. The number of halogens is 1. The first-order valence-electron chi connectivity index (χ1n) is 8.18. The summed E-state index contributed by atoms with van der Waals surface area (Å²) in [6.07, 6.45) is 2.81. The zero-order chi connectivity index (χ0) is 16.8. The van der Waals surface area contributed by atoms with Gasteiger partial charge in [-0.3, -0.25) is 4.79 Å². The standard InChI is InChI=1S/C18H24BrNO3/c1-10-6-7-13(19)11(2)14(10)15-16(21)18(20-17(15)22)8-4-5-12(9-18)23-3/h6-7,12,15-16,21H,4-5,8-9H2,1-3H3,(H,20,22)/t12-,15?,16?,18+/m1/s1. The maximum Gasteiger partial charge on any atom is 0.230 e. The lowest BCUT2D eigenvalue weighted by molar-refractivity contribution is -0.121. The van der Waals surface area contributed by atoms with Crippen LogP contribution in [0.1, 0.15) is 48.3 Å². The molecular formula is C18H24BrNO3. The summed E-state index contributed by atoms with van der Waals surface area (Å²) >= 11 is 3.54. The Morgan fingerprint density at radius 3 is 2.83 bits per heavy atom. The summed E-state index contributed by atoms with van der Waals surface area (Å²) in [6, 6.07) is 3.99. The topological polar surface area (TPSA) is 58.6 Å². The number of aliphatic hydroxyl groups is 1.